The molecule has 0 amide bonds. The zero-order chi connectivity index (χ0) is 13.7. The van der Waals surface area contributed by atoms with Crippen molar-refractivity contribution in [2.75, 3.05) is 7.05 Å². The van der Waals surface area contributed by atoms with E-state index in [2.05, 4.69) is 24.6 Å². The summed E-state index contributed by atoms with van der Waals surface area (Å²) in [6.07, 6.45) is 10.2. The van der Waals surface area contributed by atoms with Gasteiger partial charge in [-0.25, -0.2) is 0 Å². The molecule has 0 aromatic rings. The van der Waals surface area contributed by atoms with E-state index >= 15 is 0 Å². The van der Waals surface area contributed by atoms with Crippen LogP contribution in [0.1, 0.15) is 40.5 Å². The number of nitrogens with one attached hydrogen (secondary N) is 1. The Balaban J connectivity index is 0. The van der Waals surface area contributed by atoms with Gasteiger partial charge < -0.3 is 5.32 Å². The first-order chi connectivity index (χ1) is 8.33. The van der Waals surface area contributed by atoms with Crippen molar-refractivity contribution in [2.24, 2.45) is 0 Å². The zero-order valence-corrected chi connectivity index (χ0v) is 12.2. The molecule has 0 saturated carbocycles. The van der Waals surface area contributed by atoms with Crippen LogP contribution in [0.4, 0.5) is 0 Å². The summed E-state index contributed by atoms with van der Waals surface area (Å²) in [5.74, 6) is 0. The molecular formula is C16H29N. The molecule has 1 heteroatoms. The molecule has 1 atom stereocenters. The first-order valence-electron chi connectivity index (χ1n) is 6.65. The Morgan fingerprint density at radius 1 is 1.18 bits per heavy atom. The van der Waals surface area contributed by atoms with Gasteiger partial charge in [-0.1, -0.05) is 65.2 Å². The van der Waals surface area contributed by atoms with E-state index in [4.69, 9.17) is 0 Å². The quantitative estimate of drug-likeness (QED) is 0.700. The fourth-order valence-corrected chi connectivity index (χ4v) is 1.74. The van der Waals surface area contributed by atoms with E-state index in [1.54, 1.807) is 6.08 Å². The van der Waals surface area contributed by atoms with E-state index in [0.29, 0.717) is 6.04 Å². The van der Waals surface area contributed by atoms with E-state index in [0.717, 1.165) is 6.42 Å². The van der Waals surface area contributed by atoms with Gasteiger partial charge >= 0.3 is 0 Å². The first kappa shape index (κ1) is 18.3. The standard InChI is InChI=1S/C12H17N.2C2H6/c1-4-6-7-11-10(5-2)8-9-12(11)13-3;2*1-2/h4-7,12-13H,1-2,8-9H2,3H3;2*1-2H3/b7-6-;;/t12-;;/m0../s1. The fraction of sp³-hybridized carbons (Fsp3) is 0.500. The van der Waals surface area contributed by atoms with Crippen LogP contribution in [0.15, 0.2) is 48.6 Å². The molecule has 0 aromatic heterocycles. The minimum Gasteiger partial charge on any atom is -0.313 e. The van der Waals surface area contributed by atoms with Crippen LogP contribution >= 0.6 is 0 Å². The molecule has 0 saturated heterocycles. The second kappa shape index (κ2) is 13.0. The van der Waals surface area contributed by atoms with Crippen molar-refractivity contribution in [1.29, 1.82) is 0 Å². The lowest BCUT2D eigenvalue weighted by atomic mass is 10.1. The molecule has 0 unspecified atom stereocenters. The molecule has 17 heavy (non-hydrogen) atoms. The van der Waals surface area contributed by atoms with Crippen molar-refractivity contribution in [3.63, 3.8) is 0 Å². The number of hydrogen-bond donors (Lipinski definition) is 1. The van der Waals surface area contributed by atoms with Gasteiger partial charge in [0, 0.05) is 6.04 Å². The van der Waals surface area contributed by atoms with Crippen LogP contribution in [0.5, 0.6) is 0 Å². The van der Waals surface area contributed by atoms with Crippen molar-refractivity contribution in [3.8, 4) is 0 Å². The highest BCUT2D eigenvalue weighted by Crippen LogP contribution is 2.27. The molecule has 0 heterocycles. The van der Waals surface area contributed by atoms with Gasteiger partial charge in [0.1, 0.15) is 0 Å². The fourth-order valence-electron chi connectivity index (χ4n) is 1.74. The Labute approximate surface area is 108 Å². The maximum atomic E-state index is 3.82. The van der Waals surface area contributed by atoms with Gasteiger partial charge in [0.2, 0.25) is 0 Å². The maximum absolute atomic E-state index is 3.82. The van der Waals surface area contributed by atoms with Crippen LogP contribution in [0, 0.1) is 0 Å². The highest BCUT2D eigenvalue weighted by atomic mass is 14.9. The molecule has 1 aliphatic carbocycles. The van der Waals surface area contributed by atoms with E-state index in [9.17, 15) is 0 Å². The van der Waals surface area contributed by atoms with Crippen LogP contribution in [0.25, 0.3) is 0 Å². The average Bonchev–Trinajstić information content (AvgIpc) is 2.82. The lowest BCUT2D eigenvalue weighted by Crippen LogP contribution is -2.23. The summed E-state index contributed by atoms with van der Waals surface area (Å²) in [6, 6.07) is 0.490. The van der Waals surface area contributed by atoms with E-state index in [1.807, 2.05) is 46.9 Å². The molecule has 1 N–H and O–H groups in total. The third kappa shape index (κ3) is 6.28. The summed E-state index contributed by atoms with van der Waals surface area (Å²) in [5.41, 5.74) is 2.72. The van der Waals surface area contributed by atoms with Gasteiger partial charge in [-0.05, 0) is 31.0 Å². The van der Waals surface area contributed by atoms with Crippen molar-refractivity contribution in [2.45, 2.75) is 46.6 Å². The van der Waals surface area contributed by atoms with Crippen LogP contribution in [0.3, 0.4) is 0 Å². The largest absolute Gasteiger partial charge is 0.313 e. The molecule has 0 aliphatic heterocycles. The highest BCUT2D eigenvalue weighted by Gasteiger charge is 2.19. The Morgan fingerprint density at radius 3 is 2.18 bits per heavy atom. The predicted molar refractivity (Wildman–Crippen MR) is 81.3 cm³/mol. The summed E-state index contributed by atoms with van der Waals surface area (Å²) in [4.78, 5) is 0. The van der Waals surface area contributed by atoms with Gasteiger partial charge in [0.25, 0.3) is 0 Å². The maximum Gasteiger partial charge on any atom is 0.0323 e. The Kier molecular flexibility index (Phi) is 14.0. The monoisotopic (exact) mass is 235 g/mol. The van der Waals surface area contributed by atoms with Crippen molar-refractivity contribution in [3.05, 3.63) is 48.6 Å². The lowest BCUT2D eigenvalue weighted by molar-refractivity contribution is 0.636. The van der Waals surface area contributed by atoms with Crippen molar-refractivity contribution < 1.29 is 0 Å². The van der Waals surface area contributed by atoms with Gasteiger partial charge in [-0.15, -0.1) is 0 Å². The molecule has 0 radical (unpaired) electrons. The lowest BCUT2D eigenvalue weighted by Gasteiger charge is -2.10. The smallest absolute Gasteiger partial charge is 0.0323 e. The molecule has 1 nitrogen and oxygen atoms in total. The summed E-state index contributed by atoms with van der Waals surface area (Å²) in [5, 5.41) is 3.30. The van der Waals surface area contributed by atoms with Gasteiger partial charge in [-0.2, -0.15) is 0 Å². The number of rotatable bonds is 4. The SMILES string of the molecule is C=C/C=C\C1=C(C=C)CC[C@@H]1NC.CC.CC. The summed E-state index contributed by atoms with van der Waals surface area (Å²) in [6.45, 7) is 15.5. The molecule has 0 aromatic carbocycles. The second-order valence-electron chi connectivity index (χ2n) is 3.16. The minimum absolute atomic E-state index is 0.490. The molecule has 0 fully saturated rings. The predicted octanol–water partition coefficient (Wildman–Crippen LogP) is 4.65. The first-order valence-corrected chi connectivity index (χ1v) is 6.65. The van der Waals surface area contributed by atoms with E-state index in [1.165, 1.54) is 17.6 Å². The number of hydrogen-bond acceptors (Lipinski definition) is 1. The summed E-state index contributed by atoms with van der Waals surface area (Å²) >= 11 is 0. The van der Waals surface area contributed by atoms with Crippen LogP contribution in [-0.2, 0) is 0 Å². The Hall–Kier alpha value is -1.08. The molecule has 1 aliphatic rings. The van der Waals surface area contributed by atoms with E-state index < -0.39 is 0 Å². The summed E-state index contributed by atoms with van der Waals surface area (Å²) < 4.78 is 0. The highest BCUT2D eigenvalue weighted by molar-refractivity contribution is 5.41. The molecule has 1 rings (SSSR count). The molecular weight excluding hydrogens is 206 g/mol. The van der Waals surface area contributed by atoms with Crippen molar-refractivity contribution in [1.82, 2.24) is 5.32 Å². The van der Waals surface area contributed by atoms with Crippen molar-refractivity contribution >= 4 is 0 Å². The van der Waals surface area contributed by atoms with Gasteiger partial charge in [-0.3, -0.25) is 0 Å². The van der Waals surface area contributed by atoms with Crippen LogP contribution in [-0.4, -0.2) is 13.1 Å². The van der Waals surface area contributed by atoms with Crippen LogP contribution < -0.4 is 5.32 Å². The normalized spacial score (nSPS) is 18.1. The topological polar surface area (TPSA) is 12.0 Å². The zero-order valence-electron chi connectivity index (χ0n) is 12.2. The summed E-state index contributed by atoms with van der Waals surface area (Å²) in [7, 11) is 2.00. The number of allylic oxidation sites excluding steroid dienone is 4. The van der Waals surface area contributed by atoms with E-state index in [-0.39, 0.29) is 0 Å². The Morgan fingerprint density at radius 2 is 1.76 bits per heavy atom. The Bertz CT molecular complexity index is 259. The number of likely N-dealkylation sites (N-methyl/N-ethyl adjacent to an activating group) is 1. The molecule has 0 bridgehead atoms. The third-order valence-corrected chi connectivity index (χ3v) is 2.46. The average molecular weight is 235 g/mol. The molecule has 0 spiro atoms. The van der Waals surface area contributed by atoms with Crippen LogP contribution in [0.2, 0.25) is 0 Å². The third-order valence-electron chi connectivity index (χ3n) is 2.46. The van der Waals surface area contributed by atoms with Gasteiger partial charge in [0.15, 0.2) is 0 Å². The second-order valence-corrected chi connectivity index (χ2v) is 3.16. The molecule has 98 valence electrons. The minimum atomic E-state index is 0.490. The van der Waals surface area contributed by atoms with Gasteiger partial charge in [0.05, 0.1) is 0 Å².